The molecule has 8 nitrogen and oxygen atoms in total. The van der Waals surface area contributed by atoms with E-state index < -0.39 is 9.84 Å². The van der Waals surface area contributed by atoms with Crippen LogP contribution in [0.25, 0.3) is 11.0 Å². The largest absolute Gasteiger partial charge is 0.357 e. The number of anilines is 2. The van der Waals surface area contributed by atoms with E-state index in [1.807, 2.05) is 30.3 Å². The van der Waals surface area contributed by atoms with Gasteiger partial charge in [0.05, 0.1) is 28.4 Å². The van der Waals surface area contributed by atoms with E-state index in [-0.39, 0.29) is 29.4 Å². The van der Waals surface area contributed by atoms with Gasteiger partial charge in [0.1, 0.15) is 11.3 Å². The number of aromatic nitrogens is 3. The summed E-state index contributed by atoms with van der Waals surface area (Å²) in [5.41, 5.74) is 9.15. The monoisotopic (exact) mass is 463 g/mol. The normalized spacial score (nSPS) is 11.6. The van der Waals surface area contributed by atoms with E-state index in [2.05, 4.69) is 20.3 Å². The highest BCUT2D eigenvalue weighted by Crippen LogP contribution is 2.28. The molecule has 0 amide bonds. The van der Waals surface area contributed by atoms with Gasteiger partial charge in [-0.2, -0.15) is 0 Å². The number of H-pyrrole nitrogens is 1. The van der Waals surface area contributed by atoms with E-state index >= 15 is 0 Å². The van der Waals surface area contributed by atoms with Gasteiger partial charge in [-0.1, -0.05) is 43.3 Å². The van der Waals surface area contributed by atoms with Gasteiger partial charge >= 0.3 is 0 Å². The van der Waals surface area contributed by atoms with Crippen LogP contribution in [0.1, 0.15) is 23.9 Å². The number of carbonyl (C=O) groups excluding carboxylic acids is 1. The Labute approximate surface area is 192 Å². The Morgan fingerprint density at radius 1 is 1.06 bits per heavy atom. The number of nitrogens with two attached hydrogens (primary N) is 1. The SMILES string of the molecule is CCS(=O)(=O)c1ccccc1Nc1nc(Cc2cccc(CC(=O)CN)c2)nc2cc[nH]c12. The zero-order chi connectivity index (χ0) is 23.4. The number of fused-ring (bicyclic) bond motifs is 1. The zero-order valence-corrected chi connectivity index (χ0v) is 19.0. The fourth-order valence-corrected chi connectivity index (χ4v) is 4.67. The predicted octanol–water partition coefficient (Wildman–Crippen LogP) is 3.16. The summed E-state index contributed by atoms with van der Waals surface area (Å²) in [5.74, 6) is 1.04. The van der Waals surface area contributed by atoms with Crippen molar-refractivity contribution in [3.8, 4) is 0 Å². The smallest absolute Gasteiger partial charge is 0.180 e. The number of nitrogens with zero attached hydrogens (tertiary/aromatic N) is 2. The van der Waals surface area contributed by atoms with E-state index in [0.29, 0.717) is 34.8 Å². The minimum atomic E-state index is -3.42. The van der Waals surface area contributed by atoms with Gasteiger partial charge in [0.25, 0.3) is 0 Å². The lowest BCUT2D eigenvalue weighted by Gasteiger charge is -2.13. The standard InChI is InChI=1S/C24H25N5O3S/c1-2-33(31,32)21-9-4-3-8-19(21)28-24-23-20(10-11-26-23)27-22(29-24)14-17-7-5-6-16(12-17)13-18(30)15-25/h3-12,26H,2,13-15,25H2,1H3,(H,27,28,29). The number of sulfone groups is 1. The first-order valence-electron chi connectivity index (χ1n) is 10.6. The summed E-state index contributed by atoms with van der Waals surface area (Å²) in [4.78, 5) is 24.4. The van der Waals surface area contributed by atoms with Crippen LogP contribution in [0.5, 0.6) is 0 Å². The van der Waals surface area contributed by atoms with Crippen LogP contribution in [0.4, 0.5) is 11.5 Å². The number of ketones is 1. The molecule has 2 aromatic heterocycles. The van der Waals surface area contributed by atoms with Crippen molar-refractivity contribution in [2.24, 2.45) is 5.73 Å². The Kier molecular flexibility index (Phi) is 6.52. The molecule has 2 aromatic carbocycles. The van der Waals surface area contributed by atoms with E-state index in [1.165, 1.54) is 0 Å². The molecule has 4 N–H and O–H groups in total. The van der Waals surface area contributed by atoms with Crippen LogP contribution in [0.15, 0.2) is 65.7 Å². The first-order chi connectivity index (χ1) is 15.9. The van der Waals surface area contributed by atoms with Crippen molar-refractivity contribution >= 4 is 38.2 Å². The third kappa shape index (κ3) is 5.10. The third-order valence-electron chi connectivity index (χ3n) is 5.29. The number of carbonyl (C=O) groups is 1. The Hall–Kier alpha value is -3.56. The quantitative estimate of drug-likeness (QED) is 0.347. The number of para-hydroxylation sites is 1. The maximum absolute atomic E-state index is 12.6. The summed E-state index contributed by atoms with van der Waals surface area (Å²) in [6.07, 6.45) is 2.51. The molecule has 0 spiro atoms. The van der Waals surface area contributed by atoms with Crippen LogP contribution < -0.4 is 11.1 Å². The van der Waals surface area contributed by atoms with Crippen molar-refractivity contribution in [2.75, 3.05) is 17.6 Å². The molecule has 0 aliphatic carbocycles. The minimum Gasteiger partial charge on any atom is -0.357 e. The van der Waals surface area contributed by atoms with Gasteiger partial charge in [0.15, 0.2) is 21.4 Å². The van der Waals surface area contributed by atoms with Crippen LogP contribution in [0, 0.1) is 0 Å². The zero-order valence-electron chi connectivity index (χ0n) is 18.2. The van der Waals surface area contributed by atoms with Gasteiger partial charge in [-0.3, -0.25) is 4.79 Å². The van der Waals surface area contributed by atoms with E-state index in [1.54, 1.807) is 37.4 Å². The van der Waals surface area contributed by atoms with Crippen molar-refractivity contribution in [2.45, 2.75) is 24.7 Å². The Bertz CT molecular complexity index is 1410. The molecule has 0 atom stereocenters. The van der Waals surface area contributed by atoms with Crippen LogP contribution in [-0.4, -0.2) is 41.5 Å². The first kappa shape index (κ1) is 22.6. The van der Waals surface area contributed by atoms with Crippen molar-refractivity contribution in [1.82, 2.24) is 15.0 Å². The molecule has 0 radical (unpaired) electrons. The molecule has 2 heterocycles. The number of rotatable bonds is 9. The lowest BCUT2D eigenvalue weighted by Crippen LogP contribution is -2.15. The number of aromatic amines is 1. The summed E-state index contributed by atoms with van der Waals surface area (Å²) in [5, 5.41) is 3.19. The molecule has 0 saturated carbocycles. The van der Waals surface area contributed by atoms with Crippen molar-refractivity contribution < 1.29 is 13.2 Å². The number of hydrogen-bond donors (Lipinski definition) is 3. The van der Waals surface area contributed by atoms with Gasteiger partial charge in [-0.15, -0.1) is 0 Å². The van der Waals surface area contributed by atoms with E-state index in [4.69, 9.17) is 5.73 Å². The predicted molar refractivity (Wildman–Crippen MR) is 128 cm³/mol. The van der Waals surface area contributed by atoms with Gasteiger partial charge < -0.3 is 16.0 Å². The molecule has 0 saturated heterocycles. The molecular weight excluding hydrogens is 438 g/mol. The lowest BCUT2D eigenvalue weighted by molar-refractivity contribution is -0.117. The first-order valence-corrected chi connectivity index (χ1v) is 12.3. The summed E-state index contributed by atoms with van der Waals surface area (Å²) < 4.78 is 25.1. The topological polar surface area (TPSA) is 131 Å². The molecule has 9 heteroatoms. The van der Waals surface area contributed by atoms with Crippen molar-refractivity contribution in [1.29, 1.82) is 0 Å². The average molecular weight is 464 g/mol. The molecular formula is C24H25N5O3S. The molecule has 33 heavy (non-hydrogen) atoms. The number of Topliss-reactive ketones (excluding diaryl/α,β-unsaturated/α-hetero) is 1. The van der Waals surface area contributed by atoms with E-state index in [0.717, 1.165) is 11.1 Å². The molecule has 0 aliphatic rings. The number of hydrogen-bond acceptors (Lipinski definition) is 7. The molecule has 0 bridgehead atoms. The highest BCUT2D eigenvalue weighted by atomic mass is 32.2. The molecule has 4 aromatic rings. The highest BCUT2D eigenvalue weighted by Gasteiger charge is 2.18. The summed E-state index contributed by atoms with van der Waals surface area (Å²) >= 11 is 0. The summed E-state index contributed by atoms with van der Waals surface area (Å²) in [7, 11) is -3.42. The third-order valence-corrected chi connectivity index (χ3v) is 7.08. The average Bonchev–Trinajstić information content (AvgIpc) is 3.28. The van der Waals surface area contributed by atoms with Crippen LogP contribution in [-0.2, 0) is 27.5 Å². The maximum atomic E-state index is 12.6. The Morgan fingerprint density at radius 3 is 2.64 bits per heavy atom. The van der Waals surface area contributed by atoms with Gasteiger partial charge in [0, 0.05) is 19.0 Å². The van der Waals surface area contributed by atoms with Gasteiger partial charge in [0.2, 0.25) is 0 Å². The van der Waals surface area contributed by atoms with Crippen molar-refractivity contribution in [3.05, 3.63) is 77.7 Å². The number of benzene rings is 2. The van der Waals surface area contributed by atoms with Crippen LogP contribution in [0.3, 0.4) is 0 Å². The van der Waals surface area contributed by atoms with Gasteiger partial charge in [-0.25, -0.2) is 18.4 Å². The molecule has 0 unspecified atom stereocenters. The molecule has 170 valence electrons. The fourth-order valence-electron chi connectivity index (χ4n) is 3.62. The fraction of sp³-hybridized carbons (Fsp3) is 0.208. The number of nitrogens with one attached hydrogen (secondary N) is 2. The second kappa shape index (κ2) is 9.51. The van der Waals surface area contributed by atoms with E-state index in [9.17, 15) is 13.2 Å². The second-order valence-electron chi connectivity index (χ2n) is 7.67. The molecule has 0 aliphatic heterocycles. The van der Waals surface area contributed by atoms with Crippen LogP contribution >= 0.6 is 0 Å². The Balaban J connectivity index is 1.68. The second-order valence-corrected chi connectivity index (χ2v) is 9.91. The maximum Gasteiger partial charge on any atom is 0.180 e. The minimum absolute atomic E-state index is 0.00162. The van der Waals surface area contributed by atoms with Gasteiger partial charge in [-0.05, 0) is 29.3 Å². The highest BCUT2D eigenvalue weighted by molar-refractivity contribution is 7.91. The molecule has 0 fully saturated rings. The summed E-state index contributed by atoms with van der Waals surface area (Å²) in [6, 6.07) is 16.3. The molecule has 4 rings (SSSR count). The Morgan fingerprint density at radius 2 is 1.85 bits per heavy atom. The van der Waals surface area contributed by atoms with Crippen LogP contribution in [0.2, 0.25) is 0 Å². The summed E-state index contributed by atoms with van der Waals surface area (Å²) in [6.45, 7) is 1.63. The van der Waals surface area contributed by atoms with Crippen molar-refractivity contribution in [3.63, 3.8) is 0 Å². The lowest BCUT2D eigenvalue weighted by atomic mass is 10.0.